The van der Waals surface area contributed by atoms with Crippen molar-refractivity contribution in [2.45, 2.75) is 25.8 Å². The van der Waals surface area contributed by atoms with E-state index in [-0.39, 0.29) is 0 Å². The van der Waals surface area contributed by atoms with E-state index in [1.165, 1.54) is 28.7 Å². The molecule has 0 saturated heterocycles. The third-order valence-corrected chi connectivity index (χ3v) is 4.13. The summed E-state index contributed by atoms with van der Waals surface area (Å²) in [7, 11) is 0. The highest BCUT2D eigenvalue weighted by Crippen LogP contribution is 2.37. The summed E-state index contributed by atoms with van der Waals surface area (Å²) in [4.78, 5) is 0. The molecular formula is C17H18ClN. The lowest BCUT2D eigenvalue weighted by Crippen LogP contribution is -2.18. The average Bonchev–Trinajstić information content (AvgIpc) is 2.84. The minimum atomic E-state index is 0.521. The van der Waals surface area contributed by atoms with Gasteiger partial charge in [0.15, 0.2) is 0 Å². The van der Waals surface area contributed by atoms with Crippen LogP contribution >= 0.6 is 11.6 Å². The Bertz CT molecular complexity index is 574. The second-order valence-electron chi connectivity index (χ2n) is 5.03. The van der Waals surface area contributed by atoms with Crippen LogP contribution in [0.5, 0.6) is 0 Å². The molecule has 2 aromatic rings. The first-order valence-corrected chi connectivity index (χ1v) is 7.28. The fourth-order valence-corrected chi connectivity index (χ4v) is 3.14. The number of hydrogen-bond acceptors (Lipinski definition) is 1. The highest BCUT2D eigenvalue weighted by Gasteiger charge is 2.23. The predicted molar refractivity (Wildman–Crippen MR) is 81.6 cm³/mol. The van der Waals surface area contributed by atoms with E-state index < -0.39 is 0 Å². The van der Waals surface area contributed by atoms with Gasteiger partial charge in [-0.25, -0.2) is 0 Å². The van der Waals surface area contributed by atoms with E-state index in [1.807, 2.05) is 12.1 Å². The average molecular weight is 272 g/mol. The Balaban J connectivity index is 2.02. The van der Waals surface area contributed by atoms with Crippen molar-refractivity contribution >= 4 is 11.6 Å². The zero-order valence-corrected chi connectivity index (χ0v) is 11.9. The summed E-state index contributed by atoms with van der Waals surface area (Å²) in [6.07, 6.45) is 2.36. The number of benzene rings is 2. The molecule has 0 heterocycles. The van der Waals surface area contributed by atoms with E-state index in [4.69, 9.17) is 11.6 Å². The lowest BCUT2D eigenvalue weighted by atomic mass is 9.96. The largest absolute Gasteiger partial charge is 0.310 e. The van der Waals surface area contributed by atoms with Crippen LogP contribution in [0.25, 0.3) is 11.1 Å². The summed E-state index contributed by atoms with van der Waals surface area (Å²) in [5.41, 5.74) is 5.58. The van der Waals surface area contributed by atoms with Crippen molar-refractivity contribution in [1.29, 1.82) is 0 Å². The molecule has 0 saturated carbocycles. The van der Waals surface area contributed by atoms with Crippen LogP contribution in [0.4, 0.5) is 0 Å². The van der Waals surface area contributed by atoms with Crippen molar-refractivity contribution in [3.8, 4) is 11.1 Å². The molecule has 0 fully saturated rings. The van der Waals surface area contributed by atoms with Gasteiger partial charge in [-0.2, -0.15) is 0 Å². The molecule has 2 heteroatoms. The maximum absolute atomic E-state index is 5.97. The summed E-state index contributed by atoms with van der Waals surface area (Å²) in [5, 5.41) is 4.36. The first-order valence-electron chi connectivity index (χ1n) is 6.90. The maximum Gasteiger partial charge on any atom is 0.0406 e. The fraction of sp³-hybridized carbons (Fsp3) is 0.294. The highest BCUT2D eigenvalue weighted by atomic mass is 35.5. The van der Waals surface area contributed by atoms with Crippen molar-refractivity contribution in [3.05, 3.63) is 58.6 Å². The molecule has 1 aliphatic carbocycles. The van der Waals surface area contributed by atoms with Crippen LogP contribution in [-0.4, -0.2) is 6.54 Å². The first-order chi connectivity index (χ1) is 9.29. The Kier molecular flexibility index (Phi) is 3.58. The molecule has 0 aromatic heterocycles. The standard InChI is InChI=1S/C17H18ClN/c1-2-19-17-11-10-15-14(4-3-5-16(15)17)12-6-8-13(18)9-7-12/h3-9,17,19H,2,10-11H2,1H3. The Labute approximate surface area is 119 Å². The number of fused-ring (bicyclic) bond motifs is 1. The third kappa shape index (κ3) is 2.41. The van der Waals surface area contributed by atoms with Crippen LogP contribution in [0, 0.1) is 0 Å². The normalized spacial score (nSPS) is 17.5. The van der Waals surface area contributed by atoms with Gasteiger partial charge in [0.05, 0.1) is 0 Å². The van der Waals surface area contributed by atoms with Crippen LogP contribution < -0.4 is 5.32 Å². The number of nitrogens with one attached hydrogen (secondary N) is 1. The molecule has 0 spiro atoms. The summed E-state index contributed by atoms with van der Waals surface area (Å²) >= 11 is 5.97. The second-order valence-corrected chi connectivity index (χ2v) is 5.47. The lowest BCUT2D eigenvalue weighted by Gasteiger charge is -2.13. The summed E-state index contributed by atoms with van der Waals surface area (Å²) in [6.45, 7) is 3.19. The molecule has 3 rings (SSSR count). The van der Waals surface area contributed by atoms with Gasteiger partial charge in [-0.1, -0.05) is 48.9 Å². The minimum Gasteiger partial charge on any atom is -0.310 e. The molecule has 0 aliphatic heterocycles. The van der Waals surface area contributed by atoms with Crippen molar-refractivity contribution in [2.24, 2.45) is 0 Å². The molecule has 1 atom stereocenters. The molecule has 0 radical (unpaired) electrons. The molecule has 19 heavy (non-hydrogen) atoms. The van der Waals surface area contributed by atoms with Gasteiger partial charge in [-0.15, -0.1) is 0 Å². The molecule has 2 aromatic carbocycles. The predicted octanol–water partition coefficient (Wildman–Crippen LogP) is 4.60. The van der Waals surface area contributed by atoms with Crippen LogP contribution in [0.15, 0.2) is 42.5 Å². The molecule has 0 amide bonds. The highest BCUT2D eigenvalue weighted by molar-refractivity contribution is 6.30. The maximum atomic E-state index is 5.97. The van der Waals surface area contributed by atoms with Crippen molar-refractivity contribution in [3.63, 3.8) is 0 Å². The van der Waals surface area contributed by atoms with E-state index in [1.54, 1.807) is 0 Å². The zero-order chi connectivity index (χ0) is 13.2. The third-order valence-electron chi connectivity index (χ3n) is 3.88. The number of hydrogen-bond donors (Lipinski definition) is 1. The summed E-state index contributed by atoms with van der Waals surface area (Å²) in [6, 6.07) is 15.3. The van der Waals surface area contributed by atoms with Crippen LogP contribution in [-0.2, 0) is 6.42 Å². The first kappa shape index (κ1) is 12.7. The minimum absolute atomic E-state index is 0.521. The van der Waals surface area contributed by atoms with Crippen LogP contribution in [0.2, 0.25) is 5.02 Å². The van der Waals surface area contributed by atoms with Crippen molar-refractivity contribution < 1.29 is 0 Å². The van der Waals surface area contributed by atoms with E-state index in [0.29, 0.717) is 6.04 Å². The molecule has 98 valence electrons. The van der Waals surface area contributed by atoms with Crippen LogP contribution in [0.1, 0.15) is 30.5 Å². The molecule has 1 nitrogen and oxygen atoms in total. The van der Waals surface area contributed by atoms with E-state index >= 15 is 0 Å². The van der Waals surface area contributed by atoms with Crippen molar-refractivity contribution in [1.82, 2.24) is 5.32 Å². The molecule has 1 unspecified atom stereocenters. The fourth-order valence-electron chi connectivity index (χ4n) is 3.01. The number of halogens is 1. The Morgan fingerprint density at radius 1 is 1.16 bits per heavy atom. The van der Waals surface area contributed by atoms with Gasteiger partial charge in [-0.05, 0) is 53.8 Å². The monoisotopic (exact) mass is 271 g/mol. The summed E-state index contributed by atoms with van der Waals surface area (Å²) in [5.74, 6) is 0. The molecule has 0 bridgehead atoms. The van der Waals surface area contributed by atoms with Gasteiger partial charge in [0.1, 0.15) is 0 Å². The molecule has 1 N–H and O–H groups in total. The van der Waals surface area contributed by atoms with E-state index in [2.05, 4.69) is 42.6 Å². The van der Waals surface area contributed by atoms with Gasteiger partial charge < -0.3 is 5.32 Å². The topological polar surface area (TPSA) is 12.0 Å². The van der Waals surface area contributed by atoms with E-state index in [9.17, 15) is 0 Å². The Morgan fingerprint density at radius 2 is 1.95 bits per heavy atom. The van der Waals surface area contributed by atoms with E-state index in [0.717, 1.165) is 18.0 Å². The second kappa shape index (κ2) is 5.36. The van der Waals surface area contributed by atoms with Gasteiger partial charge in [0.2, 0.25) is 0 Å². The summed E-state index contributed by atoms with van der Waals surface area (Å²) < 4.78 is 0. The molecular weight excluding hydrogens is 254 g/mol. The Morgan fingerprint density at radius 3 is 2.68 bits per heavy atom. The number of rotatable bonds is 3. The molecule has 1 aliphatic rings. The van der Waals surface area contributed by atoms with Gasteiger partial charge >= 0.3 is 0 Å². The quantitative estimate of drug-likeness (QED) is 0.860. The smallest absolute Gasteiger partial charge is 0.0406 e. The zero-order valence-electron chi connectivity index (χ0n) is 11.1. The SMILES string of the molecule is CCNC1CCc2c(-c3ccc(Cl)cc3)cccc21. The lowest BCUT2D eigenvalue weighted by molar-refractivity contribution is 0.549. The van der Waals surface area contributed by atoms with Crippen LogP contribution in [0.3, 0.4) is 0 Å². The van der Waals surface area contributed by atoms with Gasteiger partial charge in [0, 0.05) is 11.1 Å². The Hall–Kier alpha value is -1.31. The van der Waals surface area contributed by atoms with Gasteiger partial charge in [0.25, 0.3) is 0 Å². The van der Waals surface area contributed by atoms with Crippen molar-refractivity contribution in [2.75, 3.05) is 6.54 Å². The van der Waals surface area contributed by atoms with Gasteiger partial charge in [-0.3, -0.25) is 0 Å².